The molecule has 2 aromatic rings. The van der Waals surface area contributed by atoms with Gasteiger partial charge in [0, 0.05) is 14.7 Å². The van der Waals surface area contributed by atoms with Crippen molar-refractivity contribution in [3.8, 4) is 0 Å². The van der Waals surface area contributed by atoms with Crippen molar-refractivity contribution in [2.75, 3.05) is 4.90 Å². The minimum absolute atomic E-state index is 0.0511. The van der Waals surface area contributed by atoms with E-state index in [0.29, 0.717) is 4.88 Å². The SMILES string of the molecule is O=C1NC(=O)N(c2cccc(Cl)c2Cl)C(=O)/C1=C/c1cc(Br)cs1. The highest BCUT2D eigenvalue weighted by Crippen LogP contribution is 2.34. The van der Waals surface area contributed by atoms with Gasteiger partial charge in [0.2, 0.25) is 0 Å². The molecule has 0 unspecified atom stereocenters. The first kappa shape index (κ1) is 17.2. The van der Waals surface area contributed by atoms with Gasteiger partial charge < -0.3 is 0 Å². The van der Waals surface area contributed by atoms with E-state index in [1.165, 1.54) is 29.5 Å². The summed E-state index contributed by atoms with van der Waals surface area (Å²) in [5.74, 6) is -1.53. The number of halogens is 3. The lowest BCUT2D eigenvalue weighted by Crippen LogP contribution is -2.54. The standard InChI is InChI=1S/C15H7BrCl2N2O3S/c16-7-4-8(24-6-7)5-9-13(21)19-15(23)20(14(9)22)11-3-1-2-10(17)12(11)18/h1-6H,(H,19,21,23)/b9-5+. The molecule has 2 heterocycles. The first-order valence-electron chi connectivity index (χ1n) is 6.48. The van der Waals surface area contributed by atoms with Crippen molar-refractivity contribution < 1.29 is 14.4 Å². The average Bonchev–Trinajstić information content (AvgIpc) is 2.93. The van der Waals surface area contributed by atoms with E-state index in [0.717, 1.165) is 9.37 Å². The fraction of sp³-hybridized carbons (Fsp3) is 0. The lowest BCUT2D eigenvalue weighted by atomic mass is 10.1. The first-order chi connectivity index (χ1) is 11.4. The summed E-state index contributed by atoms with van der Waals surface area (Å²) in [4.78, 5) is 38.3. The number of carbonyl (C=O) groups is 3. The summed E-state index contributed by atoms with van der Waals surface area (Å²) < 4.78 is 0.828. The maximum Gasteiger partial charge on any atom is 0.336 e. The van der Waals surface area contributed by atoms with Gasteiger partial charge in [-0.15, -0.1) is 11.3 Å². The third-order valence-corrected chi connectivity index (χ3v) is 5.60. The Morgan fingerprint density at radius 3 is 2.62 bits per heavy atom. The van der Waals surface area contributed by atoms with Gasteiger partial charge in [-0.05, 0) is 40.2 Å². The number of nitrogens with one attached hydrogen (secondary N) is 1. The molecule has 0 radical (unpaired) electrons. The van der Waals surface area contributed by atoms with Gasteiger partial charge in [-0.25, -0.2) is 9.69 Å². The van der Waals surface area contributed by atoms with Crippen LogP contribution < -0.4 is 10.2 Å². The van der Waals surface area contributed by atoms with E-state index in [1.54, 1.807) is 12.1 Å². The molecule has 1 fully saturated rings. The number of hydrogen-bond acceptors (Lipinski definition) is 4. The van der Waals surface area contributed by atoms with Gasteiger partial charge in [-0.2, -0.15) is 0 Å². The van der Waals surface area contributed by atoms with Crippen molar-refractivity contribution in [3.05, 3.63) is 54.6 Å². The van der Waals surface area contributed by atoms with Crippen LogP contribution in [0.1, 0.15) is 4.88 Å². The van der Waals surface area contributed by atoms with Gasteiger partial charge in [0.25, 0.3) is 11.8 Å². The molecule has 0 bridgehead atoms. The predicted octanol–water partition coefficient (Wildman–Crippen LogP) is 4.48. The number of hydrogen-bond donors (Lipinski definition) is 1. The molecule has 24 heavy (non-hydrogen) atoms. The molecule has 9 heteroatoms. The van der Waals surface area contributed by atoms with Crippen LogP contribution in [0.4, 0.5) is 10.5 Å². The van der Waals surface area contributed by atoms with Crippen molar-refractivity contribution >= 4 is 80.1 Å². The quantitative estimate of drug-likeness (QED) is 0.547. The molecular weight excluding hydrogens is 439 g/mol. The van der Waals surface area contributed by atoms with Gasteiger partial charge in [-0.3, -0.25) is 14.9 Å². The molecule has 122 valence electrons. The summed E-state index contributed by atoms with van der Waals surface area (Å²) in [7, 11) is 0. The molecule has 1 saturated heterocycles. The zero-order valence-electron chi connectivity index (χ0n) is 11.7. The molecule has 4 amide bonds. The molecular formula is C15H7BrCl2N2O3S. The number of benzene rings is 1. The van der Waals surface area contributed by atoms with Crippen LogP contribution in [0.25, 0.3) is 6.08 Å². The molecule has 0 atom stereocenters. The Kier molecular flexibility index (Phi) is 4.78. The highest BCUT2D eigenvalue weighted by molar-refractivity contribution is 9.10. The van der Waals surface area contributed by atoms with E-state index >= 15 is 0 Å². The van der Waals surface area contributed by atoms with E-state index in [1.807, 2.05) is 5.38 Å². The summed E-state index contributed by atoms with van der Waals surface area (Å²) >= 11 is 16.7. The van der Waals surface area contributed by atoms with Crippen LogP contribution in [0.2, 0.25) is 10.0 Å². The molecule has 0 saturated carbocycles. The molecule has 1 aliphatic heterocycles. The highest BCUT2D eigenvalue weighted by Gasteiger charge is 2.38. The maximum atomic E-state index is 12.7. The molecule has 1 aromatic heterocycles. The van der Waals surface area contributed by atoms with Crippen LogP contribution in [-0.2, 0) is 9.59 Å². The second-order valence-corrected chi connectivity index (χ2v) is 7.34. The third-order valence-electron chi connectivity index (χ3n) is 3.15. The number of amides is 4. The van der Waals surface area contributed by atoms with E-state index in [4.69, 9.17) is 23.2 Å². The Hall–Kier alpha value is -1.67. The first-order valence-corrected chi connectivity index (χ1v) is 8.91. The molecule has 0 spiro atoms. The second kappa shape index (κ2) is 6.68. The van der Waals surface area contributed by atoms with Crippen molar-refractivity contribution in [1.82, 2.24) is 5.32 Å². The van der Waals surface area contributed by atoms with Crippen LogP contribution in [0, 0.1) is 0 Å². The maximum absolute atomic E-state index is 12.7. The normalized spacial score (nSPS) is 16.7. The Morgan fingerprint density at radius 1 is 1.21 bits per heavy atom. The fourth-order valence-electron chi connectivity index (χ4n) is 2.09. The molecule has 1 aliphatic rings. The fourth-order valence-corrected chi connectivity index (χ4v) is 3.84. The van der Waals surface area contributed by atoms with Gasteiger partial charge in [0.1, 0.15) is 5.57 Å². The van der Waals surface area contributed by atoms with Crippen molar-refractivity contribution in [2.45, 2.75) is 0 Å². The van der Waals surface area contributed by atoms with Crippen LogP contribution in [-0.4, -0.2) is 17.8 Å². The number of thiophene rings is 1. The van der Waals surface area contributed by atoms with Crippen LogP contribution in [0.5, 0.6) is 0 Å². The van der Waals surface area contributed by atoms with Crippen LogP contribution >= 0.6 is 50.5 Å². The summed E-state index contributed by atoms with van der Waals surface area (Å²) in [5.41, 5.74) is -0.0579. The minimum atomic E-state index is -0.876. The van der Waals surface area contributed by atoms with Crippen molar-refractivity contribution in [1.29, 1.82) is 0 Å². The topological polar surface area (TPSA) is 66.5 Å². The predicted molar refractivity (Wildman–Crippen MR) is 97.5 cm³/mol. The Balaban J connectivity index is 2.06. The number of barbiturate groups is 1. The molecule has 1 aromatic carbocycles. The average molecular weight is 446 g/mol. The van der Waals surface area contributed by atoms with E-state index in [-0.39, 0.29) is 21.3 Å². The highest BCUT2D eigenvalue weighted by atomic mass is 79.9. The Bertz CT molecular complexity index is 910. The van der Waals surface area contributed by atoms with E-state index < -0.39 is 17.8 Å². The summed E-state index contributed by atoms with van der Waals surface area (Å²) in [6.07, 6.45) is 1.42. The number of anilines is 1. The number of nitrogens with zero attached hydrogens (tertiary/aromatic N) is 1. The van der Waals surface area contributed by atoms with Gasteiger partial charge in [0.05, 0.1) is 15.7 Å². The van der Waals surface area contributed by atoms with Crippen molar-refractivity contribution in [2.24, 2.45) is 0 Å². The summed E-state index contributed by atoms with van der Waals surface area (Å²) in [6.45, 7) is 0. The minimum Gasteiger partial charge on any atom is -0.273 e. The Morgan fingerprint density at radius 2 is 1.96 bits per heavy atom. The van der Waals surface area contributed by atoms with Crippen molar-refractivity contribution in [3.63, 3.8) is 0 Å². The largest absolute Gasteiger partial charge is 0.336 e. The number of imide groups is 2. The molecule has 0 aliphatic carbocycles. The zero-order chi connectivity index (χ0) is 17.4. The lowest BCUT2D eigenvalue weighted by Gasteiger charge is -2.27. The van der Waals surface area contributed by atoms with Gasteiger partial charge in [-0.1, -0.05) is 29.3 Å². The number of urea groups is 1. The van der Waals surface area contributed by atoms with Crippen LogP contribution in [0.15, 0.2) is 39.7 Å². The lowest BCUT2D eigenvalue weighted by molar-refractivity contribution is -0.122. The number of rotatable bonds is 2. The zero-order valence-corrected chi connectivity index (χ0v) is 15.6. The van der Waals surface area contributed by atoms with E-state index in [2.05, 4.69) is 21.2 Å². The second-order valence-electron chi connectivity index (χ2n) is 4.70. The van der Waals surface area contributed by atoms with E-state index in [9.17, 15) is 14.4 Å². The molecule has 1 N–H and O–H groups in total. The summed E-state index contributed by atoms with van der Waals surface area (Å²) in [5, 5.41) is 4.19. The summed E-state index contributed by atoms with van der Waals surface area (Å²) in [6, 6.07) is 5.44. The smallest absolute Gasteiger partial charge is 0.273 e. The molecule has 5 nitrogen and oxygen atoms in total. The monoisotopic (exact) mass is 444 g/mol. The third kappa shape index (κ3) is 3.12. The van der Waals surface area contributed by atoms with Gasteiger partial charge in [0.15, 0.2) is 0 Å². The Labute approximate surface area is 159 Å². The molecule has 3 rings (SSSR count). The number of carbonyl (C=O) groups excluding carboxylic acids is 3. The van der Waals surface area contributed by atoms with Gasteiger partial charge >= 0.3 is 6.03 Å². The van der Waals surface area contributed by atoms with Crippen LogP contribution in [0.3, 0.4) is 0 Å².